The van der Waals surface area contributed by atoms with Crippen molar-refractivity contribution in [3.63, 3.8) is 0 Å². The molecule has 82 valence electrons. The van der Waals surface area contributed by atoms with E-state index in [0.717, 1.165) is 23.9 Å². The highest BCUT2D eigenvalue weighted by Crippen LogP contribution is 2.41. The van der Waals surface area contributed by atoms with Gasteiger partial charge in [0.1, 0.15) is 11.6 Å². The molecule has 0 spiro atoms. The molecule has 0 radical (unpaired) electrons. The standard InChI is InChI=1S/C12H12FN3/c1-7-9-3-2-8(13)6-10(9)16-11(15-7)12(14)4-5-12/h2-3,6H,4-5,14H2,1H3. The van der Waals surface area contributed by atoms with Gasteiger partial charge >= 0.3 is 0 Å². The van der Waals surface area contributed by atoms with E-state index < -0.39 is 0 Å². The number of benzene rings is 1. The Morgan fingerprint density at radius 2 is 2.06 bits per heavy atom. The highest BCUT2D eigenvalue weighted by molar-refractivity contribution is 5.80. The zero-order valence-corrected chi connectivity index (χ0v) is 9.00. The van der Waals surface area contributed by atoms with E-state index in [1.54, 1.807) is 6.07 Å². The molecule has 0 atom stereocenters. The predicted octanol–water partition coefficient (Wildman–Crippen LogP) is 2.03. The van der Waals surface area contributed by atoms with Gasteiger partial charge in [0.15, 0.2) is 0 Å². The third kappa shape index (κ3) is 1.38. The van der Waals surface area contributed by atoms with Crippen LogP contribution in [0.5, 0.6) is 0 Å². The van der Waals surface area contributed by atoms with E-state index in [1.807, 2.05) is 6.92 Å². The average Bonchev–Trinajstić information content (AvgIpc) is 2.97. The van der Waals surface area contributed by atoms with Crippen molar-refractivity contribution in [3.05, 3.63) is 35.5 Å². The Balaban J connectivity index is 2.27. The number of halogens is 1. The highest BCUT2D eigenvalue weighted by Gasteiger charge is 2.43. The molecule has 1 heterocycles. The number of hydrogen-bond donors (Lipinski definition) is 1. The van der Waals surface area contributed by atoms with Gasteiger partial charge in [0.25, 0.3) is 0 Å². The Bertz CT molecular complexity index is 576. The quantitative estimate of drug-likeness (QED) is 0.795. The van der Waals surface area contributed by atoms with Gasteiger partial charge in [0.2, 0.25) is 0 Å². The SMILES string of the molecule is Cc1nc(C2(N)CC2)nc2cc(F)ccc12. The van der Waals surface area contributed by atoms with Crippen LogP contribution in [0, 0.1) is 12.7 Å². The van der Waals surface area contributed by atoms with E-state index in [0.29, 0.717) is 11.3 Å². The average molecular weight is 217 g/mol. The summed E-state index contributed by atoms with van der Waals surface area (Å²) < 4.78 is 13.1. The minimum absolute atomic E-state index is 0.279. The summed E-state index contributed by atoms with van der Waals surface area (Å²) in [6.07, 6.45) is 1.82. The zero-order chi connectivity index (χ0) is 11.3. The lowest BCUT2D eigenvalue weighted by atomic mass is 10.1. The predicted molar refractivity (Wildman–Crippen MR) is 59.3 cm³/mol. The first-order valence-corrected chi connectivity index (χ1v) is 5.32. The lowest BCUT2D eigenvalue weighted by Crippen LogP contribution is -2.22. The lowest BCUT2D eigenvalue weighted by molar-refractivity contribution is 0.628. The lowest BCUT2D eigenvalue weighted by Gasteiger charge is -2.10. The molecule has 0 unspecified atom stereocenters. The van der Waals surface area contributed by atoms with E-state index in [9.17, 15) is 4.39 Å². The number of hydrogen-bond acceptors (Lipinski definition) is 3. The van der Waals surface area contributed by atoms with Gasteiger partial charge in [0.05, 0.1) is 11.1 Å². The van der Waals surface area contributed by atoms with E-state index in [1.165, 1.54) is 12.1 Å². The van der Waals surface area contributed by atoms with Crippen LogP contribution in [0.2, 0.25) is 0 Å². The molecule has 4 heteroatoms. The van der Waals surface area contributed by atoms with Crippen molar-refractivity contribution in [1.29, 1.82) is 0 Å². The second kappa shape index (κ2) is 2.98. The van der Waals surface area contributed by atoms with Gasteiger partial charge in [0, 0.05) is 17.1 Å². The van der Waals surface area contributed by atoms with Gasteiger partial charge in [-0.05, 0) is 31.9 Å². The molecular weight excluding hydrogens is 205 g/mol. The number of nitrogens with zero attached hydrogens (tertiary/aromatic N) is 2. The summed E-state index contributed by atoms with van der Waals surface area (Å²) in [7, 11) is 0. The molecule has 1 aromatic carbocycles. The normalized spacial score (nSPS) is 17.7. The third-order valence-corrected chi connectivity index (χ3v) is 3.08. The van der Waals surface area contributed by atoms with Crippen molar-refractivity contribution in [3.8, 4) is 0 Å². The largest absolute Gasteiger partial charge is 0.319 e. The molecule has 1 aromatic heterocycles. The highest BCUT2D eigenvalue weighted by atomic mass is 19.1. The van der Waals surface area contributed by atoms with Crippen LogP contribution in [0.4, 0.5) is 4.39 Å². The molecule has 2 aromatic rings. The fourth-order valence-corrected chi connectivity index (χ4v) is 1.84. The number of aromatic nitrogens is 2. The topological polar surface area (TPSA) is 51.8 Å². The molecule has 1 aliphatic carbocycles. The molecule has 1 aliphatic rings. The van der Waals surface area contributed by atoms with E-state index in [-0.39, 0.29) is 11.4 Å². The Labute approximate surface area is 92.5 Å². The van der Waals surface area contributed by atoms with Crippen LogP contribution in [0.3, 0.4) is 0 Å². The van der Waals surface area contributed by atoms with Crippen molar-refractivity contribution in [2.75, 3.05) is 0 Å². The summed E-state index contributed by atoms with van der Waals surface area (Å²) in [6.45, 7) is 1.90. The minimum Gasteiger partial charge on any atom is -0.319 e. The maximum atomic E-state index is 13.1. The van der Waals surface area contributed by atoms with Gasteiger partial charge < -0.3 is 5.73 Å². The van der Waals surface area contributed by atoms with Crippen LogP contribution in [0.15, 0.2) is 18.2 Å². The van der Waals surface area contributed by atoms with Gasteiger partial charge in [-0.3, -0.25) is 0 Å². The minimum atomic E-state index is -0.370. The maximum Gasteiger partial charge on any atom is 0.149 e. The third-order valence-electron chi connectivity index (χ3n) is 3.08. The first-order valence-electron chi connectivity index (χ1n) is 5.32. The van der Waals surface area contributed by atoms with E-state index in [4.69, 9.17) is 5.73 Å². The number of nitrogens with two attached hydrogens (primary N) is 1. The van der Waals surface area contributed by atoms with Crippen LogP contribution >= 0.6 is 0 Å². The van der Waals surface area contributed by atoms with Gasteiger partial charge in [-0.2, -0.15) is 0 Å². The maximum absolute atomic E-state index is 13.1. The first kappa shape index (κ1) is 9.66. The molecule has 0 saturated heterocycles. The Morgan fingerprint density at radius 1 is 1.31 bits per heavy atom. The molecule has 16 heavy (non-hydrogen) atoms. The van der Waals surface area contributed by atoms with Crippen LogP contribution in [0.25, 0.3) is 10.9 Å². The first-order chi connectivity index (χ1) is 7.58. The van der Waals surface area contributed by atoms with Gasteiger partial charge in [-0.1, -0.05) is 0 Å². The van der Waals surface area contributed by atoms with Crippen molar-refractivity contribution >= 4 is 10.9 Å². The molecule has 3 nitrogen and oxygen atoms in total. The summed E-state index contributed by atoms with van der Waals surface area (Å²) in [5, 5.41) is 0.884. The number of aryl methyl sites for hydroxylation is 1. The molecule has 0 bridgehead atoms. The summed E-state index contributed by atoms with van der Waals surface area (Å²) >= 11 is 0. The van der Waals surface area contributed by atoms with Crippen LogP contribution in [0.1, 0.15) is 24.4 Å². The Kier molecular flexibility index (Phi) is 1.80. The van der Waals surface area contributed by atoms with Crippen LogP contribution in [-0.4, -0.2) is 9.97 Å². The molecule has 1 saturated carbocycles. The molecule has 0 aliphatic heterocycles. The summed E-state index contributed by atoms with van der Waals surface area (Å²) in [5.41, 5.74) is 7.17. The van der Waals surface area contributed by atoms with Crippen molar-refractivity contribution in [2.24, 2.45) is 5.73 Å². The summed E-state index contributed by atoms with van der Waals surface area (Å²) in [5.74, 6) is 0.363. The van der Waals surface area contributed by atoms with Crippen molar-refractivity contribution in [1.82, 2.24) is 9.97 Å². The van der Waals surface area contributed by atoms with Crippen molar-refractivity contribution < 1.29 is 4.39 Å². The fraction of sp³-hybridized carbons (Fsp3) is 0.333. The molecule has 2 N–H and O–H groups in total. The molecule has 0 amide bonds. The zero-order valence-electron chi connectivity index (χ0n) is 9.00. The smallest absolute Gasteiger partial charge is 0.149 e. The Hall–Kier alpha value is -1.55. The second-order valence-corrected chi connectivity index (χ2v) is 4.45. The fourth-order valence-electron chi connectivity index (χ4n) is 1.84. The Morgan fingerprint density at radius 3 is 2.75 bits per heavy atom. The number of rotatable bonds is 1. The summed E-state index contributed by atoms with van der Waals surface area (Å²) in [6, 6.07) is 4.56. The van der Waals surface area contributed by atoms with Gasteiger partial charge in [-0.25, -0.2) is 14.4 Å². The second-order valence-electron chi connectivity index (χ2n) is 4.45. The van der Waals surface area contributed by atoms with Crippen LogP contribution in [-0.2, 0) is 5.54 Å². The van der Waals surface area contributed by atoms with E-state index >= 15 is 0 Å². The van der Waals surface area contributed by atoms with Gasteiger partial charge in [-0.15, -0.1) is 0 Å². The molecule has 3 rings (SSSR count). The molecular formula is C12H12FN3. The molecule has 1 fully saturated rings. The summed E-state index contributed by atoms with van der Waals surface area (Å²) in [4.78, 5) is 8.76. The van der Waals surface area contributed by atoms with Crippen LogP contribution < -0.4 is 5.73 Å². The monoisotopic (exact) mass is 217 g/mol. The number of fused-ring (bicyclic) bond motifs is 1. The van der Waals surface area contributed by atoms with Crippen molar-refractivity contribution in [2.45, 2.75) is 25.3 Å². The van der Waals surface area contributed by atoms with E-state index in [2.05, 4.69) is 9.97 Å².